The van der Waals surface area contributed by atoms with E-state index in [4.69, 9.17) is 44.6 Å². The molecule has 0 radical (unpaired) electrons. The summed E-state index contributed by atoms with van der Waals surface area (Å²) in [5.74, 6) is -1.85. The van der Waals surface area contributed by atoms with Gasteiger partial charge in [-0.3, -0.25) is 9.10 Å². The summed E-state index contributed by atoms with van der Waals surface area (Å²) in [4.78, 5) is 23.9. The Labute approximate surface area is 212 Å². The maximum atomic E-state index is 13.1. The molecule has 12 heteroatoms. The van der Waals surface area contributed by atoms with Crippen LogP contribution in [-0.2, 0) is 31.1 Å². The molecule has 0 aliphatic carbocycles. The van der Waals surface area contributed by atoms with E-state index < -0.39 is 28.2 Å². The SMILES string of the molecule is Cc1ccc(C2NS(=O)(=O)N(CCCC(=O)O)C=C2C(=O)OCc2ccc(Cl)cc2Cl)c(Cl)c1. The van der Waals surface area contributed by atoms with E-state index in [1.165, 1.54) is 6.07 Å². The van der Waals surface area contributed by atoms with Gasteiger partial charge in [0.05, 0.1) is 11.6 Å². The Morgan fingerprint density at radius 1 is 1.12 bits per heavy atom. The highest BCUT2D eigenvalue weighted by Gasteiger charge is 2.37. The number of halogens is 3. The van der Waals surface area contributed by atoms with Gasteiger partial charge in [0, 0.05) is 39.8 Å². The summed E-state index contributed by atoms with van der Waals surface area (Å²) < 4.78 is 34.5. The zero-order valence-corrected chi connectivity index (χ0v) is 21.0. The number of aliphatic carboxylic acids is 1. The quantitative estimate of drug-likeness (QED) is 0.466. The minimum Gasteiger partial charge on any atom is -0.481 e. The first-order valence-corrected chi connectivity index (χ1v) is 12.6. The topological polar surface area (TPSA) is 113 Å². The van der Waals surface area contributed by atoms with Gasteiger partial charge in [0.15, 0.2) is 0 Å². The molecule has 34 heavy (non-hydrogen) atoms. The van der Waals surface area contributed by atoms with Crippen LogP contribution in [0.5, 0.6) is 0 Å². The highest BCUT2D eigenvalue weighted by Crippen LogP contribution is 2.34. The van der Waals surface area contributed by atoms with Gasteiger partial charge in [0.2, 0.25) is 0 Å². The van der Waals surface area contributed by atoms with Crippen molar-refractivity contribution < 1.29 is 27.9 Å². The standard InChI is InChI=1S/C22H21Cl3N2O6S/c1-13-4-7-16(19(25)9-13)21-17(11-27(34(31,32)26-21)8-2-3-20(28)29)22(30)33-12-14-5-6-15(23)10-18(14)24/h4-7,9-11,21,26H,2-3,8,12H2,1H3,(H,28,29). The Kier molecular flexibility index (Phi) is 8.48. The molecule has 0 amide bonds. The molecular formula is C22H21Cl3N2O6S. The van der Waals surface area contributed by atoms with Crippen molar-refractivity contribution >= 4 is 57.0 Å². The van der Waals surface area contributed by atoms with E-state index in [2.05, 4.69) is 4.72 Å². The number of aryl methyl sites for hydroxylation is 1. The predicted octanol–water partition coefficient (Wildman–Crippen LogP) is 4.64. The summed E-state index contributed by atoms with van der Waals surface area (Å²) in [6.07, 6.45) is 0.966. The van der Waals surface area contributed by atoms with E-state index in [0.717, 1.165) is 16.1 Å². The van der Waals surface area contributed by atoms with Crippen LogP contribution in [0.2, 0.25) is 15.1 Å². The van der Waals surface area contributed by atoms with Crippen LogP contribution in [-0.4, -0.2) is 36.3 Å². The van der Waals surface area contributed by atoms with Crippen molar-refractivity contribution in [2.45, 2.75) is 32.4 Å². The van der Waals surface area contributed by atoms with Crippen molar-refractivity contribution in [1.82, 2.24) is 9.03 Å². The molecule has 2 aromatic rings. The summed E-state index contributed by atoms with van der Waals surface area (Å²) in [5.41, 5.74) is 1.72. The van der Waals surface area contributed by atoms with E-state index in [0.29, 0.717) is 21.2 Å². The predicted molar refractivity (Wildman–Crippen MR) is 129 cm³/mol. The Morgan fingerprint density at radius 3 is 2.50 bits per heavy atom. The highest BCUT2D eigenvalue weighted by atomic mass is 35.5. The number of nitrogens with zero attached hydrogens (tertiary/aromatic N) is 1. The molecule has 1 aliphatic rings. The number of nitrogens with one attached hydrogen (secondary N) is 1. The van der Waals surface area contributed by atoms with Crippen molar-refractivity contribution in [3.63, 3.8) is 0 Å². The van der Waals surface area contributed by atoms with Crippen LogP contribution in [0.15, 0.2) is 48.2 Å². The third kappa shape index (κ3) is 6.43. The second-order valence-electron chi connectivity index (χ2n) is 7.59. The van der Waals surface area contributed by atoms with Gasteiger partial charge in [-0.05, 0) is 42.7 Å². The molecule has 1 unspecified atom stereocenters. The molecule has 2 N–H and O–H groups in total. The number of rotatable bonds is 8. The Morgan fingerprint density at radius 2 is 1.85 bits per heavy atom. The van der Waals surface area contributed by atoms with Crippen LogP contribution >= 0.6 is 34.8 Å². The van der Waals surface area contributed by atoms with Crippen LogP contribution in [0.3, 0.4) is 0 Å². The fourth-order valence-electron chi connectivity index (χ4n) is 3.28. The normalized spacial score (nSPS) is 17.2. The van der Waals surface area contributed by atoms with Gasteiger partial charge in [-0.25, -0.2) is 4.79 Å². The minimum atomic E-state index is -4.08. The average Bonchev–Trinajstić information content (AvgIpc) is 2.73. The maximum Gasteiger partial charge on any atom is 0.337 e. The number of carbonyl (C=O) groups excluding carboxylic acids is 1. The Hall–Kier alpha value is -2.30. The molecule has 8 nitrogen and oxygen atoms in total. The number of hydrogen-bond donors (Lipinski definition) is 2. The lowest BCUT2D eigenvalue weighted by Gasteiger charge is -2.32. The van der Waals surface area contributed by atoms with Gasteiger partial charge >= 0.3 is 22.1 Å². The molecule has 182 valence electrons. The molecule has 2 aromatic carbocycles. The number of carboxylic acid groups (broad SMARTS) is 1. The molecule has 0 saturated heterocycles. The lowest BCUT2D eigenvalue weighted by Crippen LogP contribution is -2.46. The number of carbonyl (C=O) groups is 2. The fourth-order valence-corrected chi connectivity index (χ4v) is 5.40. The summed E-state index contributed by atoms with van der Waals surface area (Å²) in [6.45, 7) is 1.51. The smallest absolute Gasteiger partial charge is 0.337 e. The van der Waals surface area contributed by atoms with E-state index in [9.17, 15) is 18.0 Å². The third-order valence-electron chi connectivity index (χ3n) is 5.02. The van der Waals surface area contributed by atoms with Crippen molar-refractivity contribution in [2.75, 3.05) is 6.54 Å². The molecule has 0 bridgehead atoms. The minimum absolute atomic E-state index is 0.0130. The first kappa shape index (κ1) is 26.3. The summed E-state index contributed by atoms with van der Waals surface area (Å²) >= 11 is 18.4. The number of ether oxygens (including phenoxy) is 1. The summed E-state index contributed by atoms with van der Waals surface area (Å²) in [6, 6.07) is 8.64. The van der Waals surface area contributed by atoms with Crippen molar-refractivity contribution in [1.29, 1.82) is 0 Å². The van der Waals surface area contributed by atoms with Gasteiger partial charge in [-0.1, -0.05) is 53.0 Å². The highest BCUT2D eigenvalue weighted by molar-refractivity contribution is 7.87. The number of hydrogen-bond acceptors (Lipinski definition) is 5. The van der Waals surface area contributed by atoms with Crippen molar-refractivity contribution in [3.05, 3.63) is 79.9 Å². The molecule has 0 saturated carbocycles. The number of benzene rings is 2. The van der Waals surface area contributed by atoms with Gasteiger partial charge in [0.1, 0.15) is 6.61 Å². The van der Waals surface area contributed by atoms with Crippen LogP contribution in [0, 0.1) is 6.92 Å². The molecule has 1 heterocycles. The molecular weight excluding hydrogens is 527 g/mol. The van der Waals surface area contributed by atoms with E-state index >= 15 is 0 Å². The van der Waals surface area contributed by atoms with Crippen molar-refractivity contribution in [2.24, 2.45) is 0 Å². The molecule has 1 aliphatic heterocycles. The molecule has 0 fully saturated rings. The molecule has 0 aromatic heterocycles. The number of carboxylic acids is 1. The van der Waals surface area contributed by atoms with E-state index in [1.807, 2.05) is 6.92 Å². The Bertz CT molecular complexity index is 1250. The second kappa shape index (κ2) is 11.0. The van der Waals surface area contributed by atoms with E-state index in [1.54, 1.807) is 30.3 Å². The van der Waals surface area contributed by atoms with Crippen LogP contribution in [0.1, 0.15) is 35.6 Å². The molecule has 0 spiro atoms. The molecule has 1 atom stereocenters. The Balaban J connectivity index is 1.94. The third-order valence-corrected chi connectivity index (χ3v) is 7.37. The summed E-state index contributed by atoms with van der Waals surface area (Å²) in [5, 5.41) is 9.88. The first-order valence-electron chi connectivity index (χ1n) is 10.1. The van der Waals surface area contributed by atoms with E-state index in [-0.39, 0.29) is 36.6 Å². The van der Waals surface area contributed by atoms with Crippen molar-refractivity contribution in [3.8, 4) is 0 Å². The van der Waals surface area contributed by atoms with Gasteiger partial charge in [-0.15, -0.1) is 0 Å². The number of esters is 1. The summed E-state index contributed by atoms with van der Waals surface area (Å²) in [7, 11) is -4.08. The largest absolute Gasteiger partial charge is 0.481 e. The lowest BCUT2D eigenvalue weighted by atomic mass is 9.99. The van der Waals surface area contributed by atoms with Crippen LogP contribution < -0.4 is 4.72 Å². The van der Waals surface area contributed by atoms with Gasteiger partial charge in [0.25, 0.3) is 0 Å². The van der Waals surface area contributed by atoms with Crippen LogP contribution in [0.25, 0.3) is 0 Å². The van der Waals surface area contributed by atoms with Crippen LogP contribution in [0.4, 0.5) is 0 Å². The zero-order valence-electron chi connectivity index (χ0n) is 17.9. The fraction of sp³-hybridized carbons (Fsp3) is 0.273. The molecule has 3 rings (SSSR count). The second-order valence-corrected chi connectivity index (χ2v) is 10.5. The first-order chi connectivity index (χ1) is 16.0. The zero-order chi connectivity index (χ0) is 25.0. The van der Waals surface area contributed by atoms with Gasteiger partial charge in [-0.2, -0.15) is 13.1 Å². The average molecular weight is 548 g/mol. The lowest BCUT2D eigenvalue weighted by molar-refractivity contribution is -0.141. The maximum absolute atomic E-state index is 13.1. The monoisotopic (exact) mass is 546 g/mol. The van der Waals surface area contributed by atoms with Gasteiger partial charge < -0.3 is 9.84 Å².